The number of thiophene rings is 1. The van der Waals surface area contributed by atoms with E-state index in [1.165, 1.54) is 4.88 Å². The van der Waals surface area contributed by atoms with Gasteiger partial charge in [-0.2, -0.15) is 15.0 Å². The van der Waals surface area contributed by atoms with Crippen molar-refractivity contribution in [2.45, 2.75) is 20.3 Å². The molecule has 0 radical (unpaired) electrons. The molecule has 0 atom stereocenters. The van der Waals surface area contributed by atoms with Crippen LogP contribution < -0.4 is 15.4 Å². The molecule has 0 aliphatic carbocycles. The molecule has 2 aromatic heterocycles. The summed E-state index contributed by atoms with van der Waals surface area (Å²) in [5, 5.41) is 6.24. The van der Waals surface area contributed by atoms with Gasteiger partial charge in [-0.3, -0.25) is 0 Å². The smallest absolute Gasteiger partial charge is 0.323 e. The molecule has 2 N–H and O–H groups in total. The van der Waals surface area contributed by atoms with Gasteiger partial charge in [-0.1, -0.05) is 11.6 Å². The molecule has 0 fully saturated rings. The maximum absolute atomic E-state index is 5.91. The highest BCUT2D eigenvalue weighted by molar-refractivity contribution is 7.16. The van der Waals surface area contributed by atoms with Gasteiger partial charge in [-0.25, -0.2) is 0 Å². The highest BCUT2D eigenvalue weighted by Gasteiger charge is 2.06. The van der Waals surface area contributed by atoms with Crippen LogP contribution in [0.25, 0.3) is 0 Å². The van der Waals surface area contributed by atoms with E-state index in [2.05, 4.69) is 25.6 Å². The molecule has 0 unspecified atom stereocenters. The third-order valence-corrected chi connectivity index (χ3v) is 3.80. The highest BCUT2D eigenvalue weighted by atomic mass is 35.5. The number of nitrogens with zero attached hydrogens (tertiary/aromatic N) is 3. The molecular weight excluding hydrogens is 310 g/mol. The van der Waals surface area contributed by atoms with Crippen molar-refractivity contribution in [2.75, 3.05) is 30.3 Å². The first-order valence-corrected chi connectivity index (χ1v) is 8.01. The van der Waals surface area contributed by atoms with Crippen LogP contribution >= 0.6 is 22.9 Å². The normalized spacial score (nSPS) is 10.4. The minimum absolute atomic E-state index is 0.324. The van der Waals surface area contributed by atoms with Crippen LogP contribution in [-0.4, -0.2) is 34.6 Å². The zero-order valence-electron chi connectivity index (χ0n) is 12.0. The summed E-state index contributed by atoms with van der Waals surface area (Å²) < 4.78 is 6.15. The third kappa shape index (κ3) is 5.02. The maximum Gasteiger partial charge on any atom is 0.323 e. The molecule has 0 aliphatic rings. The molecule has 0 aliphatic heterocycles. The van der Waals surface area contributed by atoms with Gasteiger partial charge in [0.25, 0.3) is 0 Å². The first-order valence-electron chi connectivity index (χ1n) is 6.82. The Bertz CT molecular complexity index is 553. The van der Waals surface area contributed by atoms with Gasteiger partial charge in [0, 0.05) is 18.0 Å². The van der Waals surface area contributed by atoms with Crippen LogP contribution in [0.4, 0.5) is 11.9 Å². The number of hydrogen-bond acceptors (Lipinski definition) is 7. The Kier molecular flexibility index (Phi) is 6.01. The second kappa shape index (κ2) is 7.99. The summed E-state index contributed by atoms with van der Waals surface area (Å²) in [6.07, 6.45) is 0.865. The summed E-state index contributed by atoms with van der Waals surface area (Å²) in [6.45, 7) is 5.85. The van der Waals surface area contributed by atoms with Crippen molar-refractivity contribution >= 4 is 34.8 Å². The van der Waals surface area contributed by atoms with E-state index in [0.717, 1.165) is 23.8 Å². The van der Waals surface area contributed by atoms with E-state index in [4.69, 9.17) is 16.3 Å². The van der Waals surface area contributed by atoms with Gasteiger partial charge in [-0.15, -0.1) is 11.3 Å². The molecule has 0 spiro atoms. The van der Waals surface area contributed by atoms with Crippen molar-refractivity contribution in [3.05, 3.63) is 21.3 Å². The molecule has 8 heteroatoms. The first-order chi connectivity index (χ1) is 10.2. The maximum atomic E-state index is 5.91. The molecule has 0 bridgehead atoms. The topological polar surface area (TPSA) is 72.0 Å². The van der Waals surface area contributed by atoms with E-state index in [1.807, 2.05) is 26.0 Å². The number of ether oxygens (including phenoxy) is 1. The predicted molar refractivity (Wildman–Crippen MR) is 86.7 cm³/mol. The van der Waals surface area contributed by atoms with E-state index in [-0.39, 0.29) is 0 Å². The minimum atomic E-state index is 0.324. The van der Waals surface area contributed by atoms with Crippen molar-refractivity contribution in [1.82, 2.24) is 15.0 Å². The SMILES string of the molecule is CCNc1nc(NCCc2ccc(Cl)s2)nc(OCC)n1. The molecule has 2 rings (SSSR count). The number of halogens is 1. The predicted octanol–water partition coefficient (Wildman–Crippen LogP) is 3.07. The Morgan fingerprint density at radius 3 is 2.52 bits per heavy atom. The zero-order chi connectivity index (χ0) is 15.1. The zero-order valence-corrected chi connectivity index (χ0v) is 13.6. The summed E-state index contributed by atoms with van der Waals surface area (Å²) in [4.78, 5) is 13.9. The van der Waals surface area contributed by atoms with Gasteiger partial charge in [0.15, 0.2) is 0 Å². The average Bonchev–Trinajstić information content (AvgIpc) is 2.85. The molecule has 0 aromatic carbocycles. The molecule has 21 heavy (non-hydrogen) atoms. The lowest BCUT2D eigenvalue weighted by Gasteiger charge is -2.09. The van der Waals surface area contributed by atoms with Crippen LogP contribution in [0.5, 0.6) is 6.01 Å². The molecular formula is C13H18ClN5OS. The second-order valence-corrected chi connectivity index (χ2v) is 5.91. The average molecular weight is 328 g/mol. The van der Waals surface area contributed by atoms with Crippen LogP contribution in [0.2, 0.25) is 4.34 Å². The van der Waals surface area contributed by atoms with Crippen LogP contribution in [0.15, 0.2) is 12.1 Å². The number of aromatic nitrogens is 3. The summed E-state index contributed by atoms with van der Waals surface area (Å²) in [5.41, 5.74) is 0. The number of anilines is 2. The lowest BCUT2D eigenvalue weighted by Crippen LogP contribution is -2.12. The van der Waals surface area contributed by atoms with E-state index in [9.17, 15) is 0 Å². The lowest BCUT2D eigenvalue weighted by molar-refractivity contribution is 0.312. The Hall–Kier alpha value is -1.60. The summed E-state index contributed by atoms with van der Waals surface area (Å²) >= 11 is 7.49. The first kappa shape index (κ1) is 15.8. The van der Waals surface area contributed by atoms with Crippen molar-refractivity contribution < 1.29 is 4.74 Å². The molecule has 2 aromatic rings. The van der Waals surface area contributed by atoms with Gasteiger partial charge in [0.1, 0.15) is 0 Å². The minimum Gasteiger partial charge on any atom is -0.464 e. The van der Waals surface area contributed by atoms with Gasteiger partial charge in [0.2, 0.25) is 11.9 Å². The molecule has 0 saturated carbocycles. The van der Waals surface area contributed by atoms with E-state index in [1.54, 1.807) is 11.3 Å². The fourth-order valence-electron chi connectivity index (χ4n) is 1.65. The van der Waals surface area contributed by atoms with Crippen molar-refractivity contribution in [3.8, 4) is 6.01 Å². The van der Waals surface area contributed by atoms with Gasteiger partial charge >= 0.3 is 6.01 Å². The standard InChI is InChI=1S/C13H18ClN5OS/c1-3-15-11-17-12(19-13(18-11)20-4-2)16-8-7-9-5-6-10(14)21-9/h5-6H,3-4,7-8H2,1-2H3,(H2,15,16,17,18,19). The van der Waals surface area contributed by atoms with Crippen LogP contribution in [0, 0.1) is 0 Å². The van der Waals surface area contributed by atoms with Gasteiger partial charge in [0.05, 0.1) is 10.9 Å². The Balaban J connectivity index is 1.97. The van der Waals surface area contributed by atoms with Gasteiger partial charge in [-0.05, 0) is 32.4 Å². The van der Waals surface area contributed by atoms with Crippen LogP contribution in [-0.2, 0) is 6.42 Å². The highest BCUT2D eigenvalue weighted by Crippen LogP contribution is 2.21. The number of hydrogen-bond donors (Lipinski definition) is 2. The van der Waals surface area contributed by atoms with E-state index < -0.39 is 0 Å². The van der Waals surface area contributed by atoms with Crippen molar-refractivity contribution in [2.24, 2.45) is 0 Å². The molecule has 114 valence electrons. The molecule has 2 heterocycles. The second-order valence-electron chi connectivity index (χ2n) is 4.11. The Labute approximate surface area is 132 Å². The van der Waals surface area contributed by atoms with Crippen molar-refractivity contribution in [1.29, 1.82) is 0 Å². The summed E-state index contributed by atoms with van der Waals surface area (Å²) in [6, 6.07) is 4.25. The number of nitrogens with one attached hydrogen (secondary N) is 2. The Morgan fingerprint density at radius 1 is 1.14 bits per heavy atom. The van der Waals surface area contributed by atoms with E-state index in [0.29, 0.717) is 24.5 Å². The largest absolute Gasteiger partial charge is 0.464 e. The quantitative estimate of drug-likeness (QED) is 0.776. The van der Waals surface area contributed by atoms with Crippen LogP contribution in [0.1, 0.15) is 18.7 Å². The third-order valence-electron chi connectivity index (χ3n) is 2.51. The number of rotatable bonds is 8. The fraction of sp³-hybridized carbons (Fsp3) is 0.462. The molecule has 6 nitrogen and oxygen atoms in total. The lowest BCUT2D eigenvalue weighted by atomic mass is 10.3. The van der Waals surface area contributed by atoms with Gasteiger partial charge < -0.3 is 15.4 Å². The van der Waals surface area contributed by atoms with Crippen LogP contribution in [0.3, 0.4) is 0 Å². The summed E-state index contributed by atoms with van der Waals surface area (Å²) in [5.74, 6) is 1.02. The fourth-order valence-corrected chi connectivity index (χ4v) is 2.74. The van der Waals surface area contributed by atoms with Crippen molar-refractivity contribution in [3.63, 3.8) is 0 Å². The van der Waals surface area contributed by atoms with E-state index >= 15 is 0 Å². The summed E-state index contributed by atoms with van der Waals surface area (Å²) in [7, 11) is 0. The molecule has 0 amide bonds. The Morgan fingerprint density at radius 2 is 1.90 bits per heavy atom. The molecule has 0 saturated heterocycles. The monoisotopic (exact) mass is 327 g/mol.